The van der Waals surface area contributed by atoms with Gasteiger partial charge in [0, 0.05) is 11.4 Å². The van der Waals surface area contributed by atoms with Crippen LogP contribution in [-0.2, 0) is 11.3 Å². The Kier molecular flexibility index (Phi) is 7.31. The molecule has 3 rings (SSSR count). The van der Waals surface area contributed by atoms with Gasteiger partial charge in [0.25, 0.3) is 5.56 Å². The molecular formula is C22H26FN3O2S2. The van der Waals surface area contributed by atoms with E-state index in [9.17, 15) is 14.0 Å². The number of fused-ring (bicyclic) bond motifs is 1. The molecule has 0 fully saturated rings. The average Bonchev–Trinajstić information content (AvgIpc) is 3.00. The minimum absolute atomic E-state index is 0.0297. The summed E-state index contributed by atoms with van der Waals surface area (Å²) in [7, 11) is 0. The first-order chi connectivity index (χ1) is 14.3. The quantitative estimate of drug-likeness (QED) is 0.391. The highest BCUT2D eigenvalue weighted by Gasteiger charge is 2.18. The highest BCUT2D eigenvalue weighted by atomic mass is 32.2. The van der Waals surface area contributed by atoms with E-state index in [1.807, 2.05) is 20.8 Å². The highest BCUT2D eigenvalue weighted by Crippen LogP contribution is 2.28. The molecule has 1 N–H and O–H groups in total. The molecule has 0 unspecified atom stereocenters. The van der Waals surface area contributed by atoms with Gasteiger partial charge in [-0.3, -0.25) is 14.2 Å². The van der Waals surface area contributed by atoms with Crippen molar-refractivity contribution in [2.45, 2.75) is 58.3 Å². The Bertz CT molecular complexity index is 1110. The van der Waals surface area contributed by atoms with E-state index in [1.54, 1.807) is 16.7 Å². The predicted octanol–water partition coefficient (Wildman–Crippen LogP) is 4.98. The summed E-state index contributed by atoms with van der Waals surface area (Å²) >= 11 is 2.79. The van der Waals surface area contributed by atoms with Crippen LogP contribution in [0, 0.1) is 19.7 Å². The van der Waals surface area contributed by atoms with Crippen molar-refractivity contribution in [1.82, 2.24) is 14.9 Å². The minimum Gasteiger partial charge on any atom is -0.349 e. The summed E-state index contributed by atoms with van der Waals surface area (Å²) < 4.78 is 14.8. The second-order valence-corrected chi connectivity index (χ2v) is 9.44. The number of benzene rings is 1. The average molecular weight is 448 g/mol. The van der Waals surface area contributed by atoms with E-state index in [0.29, 0.717) is 17.1 Å². The third-order valence-electron chi connectivity index (χ3n) is 5.07. The van der Waals surface area contributed by atoms with Crippen LogP contribution in [0.5, 0.6) is 0 Å². The third kappa shape index (κ3) is 4.92. The largest absolute Gasteiger partial charge is 0.349 e. The second-order valence-electron chi connectivity index (χ2n) is 7.30. The van der Waals surface area contributed by atoms with Gasteiger partial charge in [-0.05, 0) is 50.5 Å². The van der Waals surface area contributed by atoms with Crippen LogP contribution >= 0.6 is 23.1 Å². The number of hydrogen-bond donors (Lipinski definition) is 1. The monoisotopic (exact) mass is 447 g/mol. The van der Waals surface area contributed by atoms with E-state index in [-0.39, 0.29) is 29.1 Å². The third-order valence-corrected chi connectivity index (χ3v) is 7.15. The zero-order valence-corrected chi connectivity index (χ0v) is 19.3. The van der Waals surface area contributed by atoms with Crippen molar-refractivity contribution in [2.75, 3.05) is 5.75 Å². The number of amides is 1. The minimum atomic E-state index is -0.307. The van der Waals surface area contributed by atoms with E-state index in [0.717, 1.165) is 33.7 Å². The number of thiophene rings is 1. The molecule has 0 saturated heterocycles. The molecule has 1 atom stereocenters. The Balaban J connectivity index is 1.77. The Hall–Kier alpha value is -2.19. The van der Waals surface area contributed by atoms with E-state index in [1.165, 1.54) is 35.2 Å². The topological polar surface area (TPSA) is 64.0 Å². The Morgan fingerprint density at radius 2 is 2.00 bits per heavy atom. The van der Waals surface area contributed by atoms with Crippen LogP contribution in [0.3, 0.4) is 0 Å². The Labute approximate surface area is 183 Å². The van der Waals surface area contributed by atoms with Crippen molar-refractivity contribution >= 4 is 39.2 Å². The maximum Gasteiger partial charge on any atom is 0.263 e. The van der Waals surface area contributed by atoms with Gasteiger partial charge in [0.2, 0.25) is 5.91 Å². The van der Waals surface area contributed by atoms with Crippen molar-refractivity contribution in [3.8, 4) is 0 Å². The van der Waals surface area contributed by atoms with Crippen LogP contribution in [0.1, 0.15) is 48.7 Å². The molecular weight excluding hydrogens is 421 g/mol. The van der Waals surface area contributed by atoms with Crippen LogP contribution < -0.4 is 10.9 Å². The molecule has 0 saturated carbocycles. The van der Waals surface area contributed by atoms with Crippen molar-refractivity contribution in [3.63, 3.8) is 0 Å². The first kappa shape index (κ1) is 22.5. The van der Waals surface area contributed by atoms with E-state index in [2.05, 4.69) is 12.2 Å². The molecule has 0 bridgehead atoms. The van der Waals surface area contributed by atoms with Gasteiger partial charge >= 0.3 is 0 Å². The lowest BCUT2D eigenvalue weighted by molar-refractivity contribution is -0.119. The summed E-state index contributed by atoms with van der Waals surface area (Å²) in [6.07, 6.45) is 1.84. The van der Waals surface area contributed by atoms with Gasteiger partial charge in [0.05, 0.1) is 17.2 Å². The van der Waals surface area contributed by atoms with E-state index < -0.39 is 0 Å². The molecule has 0 aliphatic carbocycles. The van der Waals surface area contributed by atoms with Gasteiger partial charge < -0.3 is 5.32 Å². The van der Waals surface area contributed by atoms with Crippen LogP contribution in [-0.4, -0.2) is 21.2 Å². The molecule has 2 aromatic heterocycles. The van der Waals surface area contributed by atoms with Crippen molar-refractivity contribution in [3.05, 3.63) is 56.4 Å². The van der Waals surface area contributed by atoms with Gasteiger partial charge in [-0.15, -0.1) is 11.3 Å². The van der Waals surface area contributed by atoms with Gasteiger partial charge in [0.1, 0.15) is 10.6 Å². The molecule has 0 aliphatic heterocycles. The van der Waals surface area contributed by atoms with Crippen molar-refractivity contribution < 1.29 is 9.18 Å². The lowest BCUT2D eigenvalue weighted by atomic mass is 10.1. The van der Waals surface area contributed by atoms with E-state index in [4.69, 9.17) is 4.98 Å². The zero-order valence-electron chi connectivity index (χ0n) is 17.6. The van der Waals surface area contributed by atoms with Gasteiger partial charge in [-0.25, -0.2) is 9.37 Å². The summed E-state index contributed by atoms with van der Waals surface area (Å²) in [5, 5.41) is 4.18. The van der Waals surface area contributed by atoms with Crippen molar-refractivity contribution in [1.29, 1.82) is 0 Å². The normalized spacial score (nSPS) is 12.3. The number of aromatic nitrogens is 2. The van der Waals surface area contributed by atoms with Gasteiger partial charge in [-0.1, -0.05) is 37.2 Å². The standard InChI is InChI=1S/C22H26FN3O2S2/c1-5-6-11-26-21(28)19-13(2)15(4)30-20(19)25-22(26)29-12-18(27)24-14(3)16-7-9-17(23)10-8-16/h7-10,14H,5-6,11-12H2,1-4H3,(H,24,27)/t14-/m1/s1. The lowest BCUT2D eigenvalue weighted by Crippen LogP contribution is -2.29. The smallest absolute Gasteiger partial charge is 0.263 e. The van der Waals surface area contributed by atoms with Crippen molar-refractivity contribution in [2.24, 2.45) is 0 Å². The number of halogens is 1. The first-order valence-electron chi connectivity index (χ1n) is 10.00. The SMILES string of the molecule is CCCCn1c(SCC(=O)N[C@H](C)c2ccc(F)cc2)nc2sc(C)c(C)c2c1=O. The number of carbonyl (C=O) groups excluding carboxylic acids is 1. The number of unbranched alkanes of at least 4 members (excludes halogenated alkanes) is 1. The second kappa shape index (κ2) is 9.75. The molecule has 0 spiro atoms. The highest BCUT2D eigenvalue weighted by molar-refractivity contribution is 7.99. The summed E-state index contributed by atoms with van der Waals surface area (Å²) in [6, 6.07) is 5.84. The fraction of sp³-hybridized carbons (Fsp3) is 0.409. The molecule has 3 aromatic rings. The summed E-state index contributed by atoms with van der Waals surface area (Å²) in [6.45, 7) is 8.47. The number of aryl methyl sites for hydroxylation is 2. The van der Waals surface area contributed by atoms with Crippen LogP contribution in [0.4, 0.5) is 4.39 Å². The number of thioether (sulfide) groups is 1. The van der Waals surface area contributed by atoms with Crippen LogP contribution in [0.15, 0.2) is 34.2 Å². The molecule has 8 heteroatoms. The van der Waals surface area contributed by atoms with Gasteiger partial charge in [-0.2, -0.15) is 0 Å². The Morgan fingerprint density at radius 3 is 2.67 bits per heavy atom. The molecule has 5 nitrogen and oxygen atoms in total. The van der Waals surface area contributed by atoms with Crippen LogP contribution in [0.25, 0.3) is 10.2 Å². The molecule has 0 radical (unpaired) electrons. The number of rotatable bonds is 8. The first-order valence-corrected chi connectivity index (χ1v) is 11.8. The maximum atomic E-state index is 13.1. The van der Waals surface area contributed by atoms with Gasteiger partial charge in [0.15, 0.2) is 5.16 Å². The molecule has 2 heterocycles. The fourth-order valence-electron chi connectivity index (χ4n) is 3.18. The summed E-state index contributed by atoms with van der Waals surface area (Å²) in [5.41, 5.74) is 1.79. The zero-order chi connectivity index (χ0) is 21.8. The predicted molar refractivity (Wildman–Crippen MR) is 122 cm³/mol. The molecule has 30 heavy (non-hydrogen) atoms. The number of nitrogens with zero attached hydrogens (tertiary/aromatic N) is 2. The van der Waals surface area contributed by atoms with Crippen LogP contribution in [0.2, 0.25) is 0 Å². The lowest BCUT2D eigenvalue weighted by Gasteiger charge is -2.15. The number of hydrogen-bond acceptors (Lipinski definition) is 5. The number of carbonyl (C=O) groups is 1. The molecule has 160 valence electrons. The number of nitrogens with one attached hydrogen (secondary N) is 1. The summed E-state index contributed by atoms with van der Waals surface area (Å²) in [5.74, 6) is -0.316. The molecule has 1 aromatic carbocycles. The molecule has 1 amide bonds. The Morgan fingerprint density at radius 1 is 1.30 bits per heavy atom. The fourth-order valence-corrected chi connectivity index (χ4v) is 5.09. The maximum absolute atomic E-state index is 13.1. The summed E-state index contributed by atoms with van der Waals surface area (Å²) in [4.78, 5) is 32.1. The molecule has 0 aliphatic rings. The van der Waals surface area contributed by atoms with E-state index >= 15 is 0 Å².